The Morgan fingerprint density at radius 3 is 2.47 bits per heavy atom. The minimum atomic E-state index is -4.07. The molecule has 0 aromatic heterocycles. The van der Waals surface area contributed by atoms with E-state index >= 15 is 0 Å². The third kappa shape index (κ3) is 3.58. The minimum Gasteiger partial charge on any atom is -0.378 e. The summed E-state index contributed by atoms with van der Waals surface area (Å²) in [6, 6.07) is 0.145. The first-order valence-electron chi connectivity index (χ1n) is 6.25. The van der Waals surface area contributed by atoms with Crippen molar-refractivity contribution in [1.82, 2.24) is 5.32 Å². The first kappa shape index (κ1) is 14.8. The van der Waals surface area contributed by atoms with Crippen LogP contribution < -0.4 is 5.32 Å². The van der Waals surface area contributed by atoms with Gasteiger partial charge < -0.3 is 10.1 Å². The summed E-state index contributed by atoms with van der Waals surface area (Å²) in [4.78, 5) is 0. The molecule has 3 unspecified atom stereocenters. The molecule has 1 saturated carbocycles. The van der Waals surface area contributed by atoms with Gasteiger partial charge in [-0.3, -0.25) is 0 Å². The van der Waals surface area contributed by atoms with E-state index in [4.69, 9.17) is 4.74 Å². The molecule has 1 fully saturated rings. The summed E-state index contributed by atoms with van der Waals surface area (Å²) in [5.74, 6) is 0. The number of rotatable bonds is 6. The fourth-order valence-corrected chi connectivity index (χ4v) is 2.45. The second kappa shape index (κ2) is 5.57. The summed E-state index contributed by atoms with van der Waals surface area (Å²) >= 11 is 0. The van der Waals surface area contributed by atoms with Gasteiger partial charge in [-0.25, -0.2) is 0 Å². The van der Waals surface area contributed by atoms with Gasteiger partial charge in [-0.15, -0.1) is 0 Å². The average molecular weight is 253 g/mol. The molecule has 0 bridgehead atoms. The quantitative estimate of drug-likeness (QED) is 0.785. The molecule has 1 N–H and O–H groups in total. The van der Waals surface area contributed by atoms with Crippen LogP contribution in [-0.4, -0.2) is 31.5 Å². The third-order valence-corrected chi connectivity index (χ3v) is 3.91. The molecular formula is C12H22F3NO. The summed E-state index contributed by atoms with van der Waals surface area (Å²) in [6.07, 6.45) is -2.92. The van der Waals surface area contributed by atoms with Crippen LogP contribution >= 0.6 is 0 Å². The van der Waals surface area contributed by atoms with Crippen LogP contribution in [0.3, 0.4) is 0 Å². The van der Waals surface area contributed by atoms with Gasteiger partial charge in [-0.1, -0.05) is 13.8 Å². The molecule has 5 heteroatoms. The number of nitrogens with one attached hydrogen (secondary N) is 1. The average Bonchev–Trinajstić information content (AvgIpc) is 2.24. The standard InChI is InChI=1S/C12H22F3NO/c1-4-11(3)9(8-10(11)17-5-2)16-7-6-12(13,14)15/h9-10,16H,4-8H2,1-3H3. The zero-order valence-electron chi connectivity index (χ0n) is 10.7. The van der Waals surface area contributed by atoms with E-state index in [0.29, 0.717) is 6.61 Å². The summed E-state index contributed by atoms with van der Waals surface area (Å²) in [5, 5.41) is 3.01. The molecule has 1 aliphatic carbocycles. The highest BCUT2D eigenvalue weighted by Gasteiger charge is 2.50. The molecule has 0 spiro atoms. The maximum atomic E-state index is 12.0. The van der Waals surface area contributed by atoms with Crippen LogP contribution in [0.5, 0.6) is 0 Å². The van der Waals surface area contributed by atoms with E-state index in [-0.39, 0.29) is 24.1 Å². The van der Waals surface area contributed by atoms with Crippen LogP contribution in [0.15, 0.2) is 0 Å². The van der Waals surface area contributed by atoms with Gasteiger partial charge in [0.15, 0.2) is 0 Å². The van der Waals surface area contributed by atoms with E-state index in [1.165, 1.54) is 0 Å². The van der Waals surface area contributed by atoms with Crippen LogP contribution in [0.25, 0.3) is 0 Å². The predicted molar refractivity (Wildman–Crippen MR) is 60.9 cm³/mol. The zero-order valence-corrected chi connectivity index (χ0v) is 10.7. The Morgan fingerprint density at radius 2 is 2.00 bits per heavy atom. The molecule has 0 aromatic carbocycles. The lowest BCUT2D eigenvalue weighted by molar-refractivity contribution is -0.143. The van der Waals surface area contributed by atoms with E-state index in [1.807, 2.05) is 6.92 Å². The molecule has 3 atom stereocenters. The third-order valence-electron chi connectivity index (χ3n) is 3.91. The Balaban J connectivity index is 2.36. The van der Waals surface area contributed by atoms with E-state index < -0.39 is 12.6 Å². The van der Waals surface area contributed by atoms with Crippen LogP contribution in [-0.2, 0) is 4.74 Å². The molecule has 0 heterocycles. The van der Waals surface area contributed by atoms with Crippen LogP contribution in [0.4, 0.5) is 13.2 Å². The highest BCUT2D eigenvalue weighted by atomic mass is 19.4. The molecule has 1 rings (SSSR count). The summed E-state index contributed by atoms with van der Waals surface area (Å²) in [5.41, 5.74) is -0.0262. The maximum absolute atomic E-state index is 12.0. The molecule has 0 saturated heterocycles. The van der Waals surface area contributed by atoms with Gasteiger partial charge in [0.05, 0.1) is 12.5 Å². The lowest BCUT2D eigenvalue weighted by atomic mass is 9.61. The van der Waals surface area contributed by atoms with E-state index in [1.54, 1.807) is 0 Å². The van der Waals surface area contributed by atoms with Gasteiger partial charge in [0.25, 0.3) is 0 Å². The van der Waals surface area contributed by atoms with Crippen molar-refractivity contribution in [3.05, 3.63) is 0 Å². The van der Waals surface area contributed by atoms with Crippen LogP contribution in [0, 0.1) is 5.41 Å². The molecule has 0 aromatic rings. The van der Waals surface area contributed by atoms with Crippen molar-refractivity contribution in [3.63, 3.8) is 0 Å². The molecule has 1 aliphatic rings. The van der Waals surface area contributed by atoms with Crippen molar-refractivity contribution >= 4 is 0 Å². The summed E-state index contributed by atoms with van der Waals surface area (Å²) in [7, 11) is 0. The number of ether oxygens (including phenoxy) is 1. The van der Waals surface area contributed by atoms with Gasteiger partial charge >= 0.3 is 6.18 Å². The van der Waals surface area contributed by atoms with Crippen LogP contribution in [0.2, 0.25) is 0 Å². The normalized spacial score (nSPS) is 33.5. The van der Waals surface area contributed by atoms with Crippen molar-refractivity contribution in [3.8, 4) is 0 Å². The SMILES string of the molecule is CCOC1CC(NCCC(F)(F)F)C1(C)CC. The summed E-state index contributed by atoms with van der Waals surface area (Å²) in [6.45, 7) is 6.75. The molecule has 17 heavy (non-hydrogen) atoms. The van der Waals surface area contributed by atoms with Gasteiger partial charge in [0, 0.05) is 24.6 Å². The van der Waals surface area contributed by atoms with Crippen molar-refractivity contribution in [1.29, 1.82) is 0 Å². The largest absolute Gasteiger partial charge is 0.390 e. The van der Waals surface area contributed by atoms with Crippen molar-refractivity contribution in [2.45, 2.75) is 58.4 Å². The summed E-state index contributed by atoms with van der Waals surface area (Å²) < 4.78 is 41.7. The highest BCUT2D eigenvalue weighted by Crippen LogP contribution is 2.45. The van der Waals surface area contributed by atoms with Crippen molar-refractivity contribution in [2.24, 2.45) is 5.41 Å². The van der Waals surface area contributed by atoms with Gasteiger partial charge in [-0.2, -0.15) is 13.2 Å². The van der Waals surface area contributed by atoms with Gasteiger partial charge in [-0.05, 0) is 19.8 Å². The number of hydrogen-bond donors (Lipinski definition) is 1. The minimum absolute atomic E-state index is 0.00258. The van der Waals surface area contributed by atoms with E-state index in [2.05, 4.69) is 19.2 Å². The molecular weight excluding hydrogens is 231 g/mol. The van der Waals surface area contributed by atoms with Gasteiger partial charge in [0.2, 0.25) is 0 Å². The Morgan fingerprint density at radius 1 is 1.35 bits per heavy atom. The fraction of sp³-hybridized carbons (Fsp3) is 1.00. The predicted octanol–water partition coefficient (Wildman–Crippen LogP) is 3.12. The lowest BCUT2D eigenvalue weighted by Crippen LogP contribution is -2.62. The topological polar surface area (TPSA) is 21.3 Å². The fourth-order valence-electron chi connectivity index (χ4n) is 2.45. The first-order valence-corrected chi connectivity index (χ1v) is 6.25. The van der Waals surface area contributed by atoms with Crippen molar-refractivity contribution in [2.75, 3.05) is 13.2 Å². The number of alkyl halides is 3. The molecule has 0 aliphatic heterocycles. The second-order valence-electron chi connectivity index (χ2n) is 4.91. The molecule has 102 valence electrons. The van der Waals surface area contributed by atoms with Gasteiger partial charge in [0.1, 0.15) is 0 Å². The monoisotopic (exact) mass is 253 g/mol. The lowest BCUT2D eigenvalue weighted by Gasteiger charge is -2.53. The maximum Gasteiger partial charge on any atom is 0.390 e. The molecule has 0 radical (unpaired) electrons. The Hall–Kier alpha value is -0.290. The number of halogens is 3. The molecule has 0 amide bonds. The number of hydrogen-bond acceptors (Lipinski definition) is 2. The zero-order chi connectivity index (χ0) is 13.1. The Kier molecular flexibility index (Phi) is 4.84. The van der Waals surface area contributed by atoms with E-state index in [9.17, 15) is 13.2 Å². The van der Waals surface area contributed by atoms with Crippen LogP contribution in [0.1, 0.15) is 40.0 Å². The first-order chi connectivity index (χ1) is 7.83. The second-order valence-corrected chi connectivity index (χ2v) is 4.91. The van der Waals surface area contributed by atoms with Crippen molar-refractivity contribution < 1.29 is 17.9 Å². The highest BCUT2D eigenvalue weighted by molar-refractivity contribution is 5.04. The smallest absolute Gasteiger partial charge is 0.378 e. The Labute approximate surface area is 101 Å². The Bertz CT molecular complexity index is 244. The molecule has 2 nitrogen and oxygen atoms in total. The van der Waals surface area contributed by atoms with E-state index in [0.717, 1.165) is 12.8 Å².